The van der Waals surface area contributed by atoms with E-state index in [1.54, 1.807) is 57.7 Å². The van der Waals surface area contributed by atoms with Gasteiger partial charge in [0.05, 0.1) is 47.1 Å². The fourth-order valence-corrected chi connectivity index (χ4v) is 9.28. The van der Waals surface area contributed by atoms with E-state index in [0.717, 1.165) is 21.9 Å². The van der Waals surface area contributed by atoms with E-state index in [4.69, 9.17) is 35.8 Å². The van der Waals surface area contributed by atoms with Crippen LogP contribution in [-0.2, 0) is 10.8 Å². The van der Waals surface area contributed by atoms with Crippen LogP contribution in [0.1, 0.15) is 95.4 Å². The third-order valence-corrected chi connectivity index (χ3v) is 12.6. The first-order valence-electron chi connectivity index (χ1n) is 32.3. The van der Waals surface area contributed by atoms with Crippen LogP contribution in [0, 0.1) is 26.9 Å². The van der Waals surface area contributed by atoms with Crippen molar-refractivity contribution in [3.63, 3.8) is 0 Å². The minimum absolute atomic E-state index is 0.0298. The van der Waals surface area contributed by atoms with Gasteiger partial charge in [-0.1, -0.05) is 169 Å². The highest BCUT2D eigenvalue weighted by Crippen LogP contribution is 2.41. The van der Waals surface area contributed by atoms with Gasteiger partial charge in [0.25, 0.3) is 6.33 Å². The third kappa shape index (κ3) is 7.95. The largest absolute Gasteiger partial charge is 0.458 e. The van der Waals surface area contributed by atoms with E-state index >= 15 is 0 Å². The Morgan fingerprint density at radius 2 is 1.21 bits per heavy atom. The molecule has 11 aromatic rings. The van der Waals surface area contributed by atoms with Crippen LogP contribution >= 0.6 is 0 Å². The fourth-order valence-electron chi connectivity index (χ4n) is 9.28. The highest BCUT2D eigenvalue weighted by Gasteiger charge is 2.30. The highest BCUT2D eigenvalue weighted by molar-refractivity contribution is 6.09. The minimum Gasteiger partial charge on any atom is -0.458 e. The second-order valence-electron chi connectivity index (χ2n) is 19.3. The van der Waals surface area contributed by atoms with Crippen molar-refractivity contribution in [3.8, 4) is 62.1 Å². The second-order valence-corrected chi connectivity index (χ2v) is 19.3. The summed E-state index contributed by atoms with van der Waals surface area (Å²) in [5, 5.41) is 1.56. The Kier molecular flexibility index (Phi) is 6.84. The molecule has 5 heteroatoms. The van der Waals surface area contributed by atoms with Crippen LogP contribution in [0.15, 0.2) is 188 Å². The van der Waals surface area contributed by atoms with Gasteiger partial charge in [-0.3, -0.25) is 13.7 Å². The lowest BCUT2D eigenvalue weighted by molar-refractivity contribution is -0.574. The van der Waals surface area contributed by atoms with E-state index in [2.05, 4.69) is 6.33 Å². The van der Waals surface area contributed by atoms with E-state index in [-0.39, 0.29) is 56.8 Å². The van der Waals surface area contributed by atoms with Gasteiger partial charge in [0.15, 0.2) is 0 Å². The molecule has 0 saturated heterocycles. The number of hydrogen-bond donors (Lipinski definition) is 0. The van der Waals surface area contributed by atoms with Crippen molar-refractivity contribution in [1.29, 1.82) is 0 Å². The number of ether oxygens (including phenoxy) is 1. The van der Waals surface area contributed by atoms with E-state index in [1.165, 1.54) is 30.5 Å². The zero-order chi connectivity index (χ0) is 64.7. The van der Waals surface area contributed by atoms with Gasteiger partial charge >= 0.3 is 0 Å². The Labute approximate surface area is 438 Å². The summed E-state index contributed by atoms with van der Waals surface area (Å²) in [7, 11) is 0. The maximum Gasteiger partial charge on any atom is 0.269 e. The van der Waals surface area contributed by atoms with Crippen LogP contribution in [0.3, 0.4) is 0 Å². The highest BCUT2D eigenvalue weighted by atomic mass is 16.5. The molecule has 0 atom stereocenters. The van der Waals surface area contributed by atoms with Gasteiger partial charge in [-0.05, 0) is 136 Å². The number of aryl methyl sites for hydroxylation is 3. The summed E-state index contributed by atoms with van der Waals surface area (Å²) >= 11 is 0. The first-order chi connectivity index (χ1) is 41.5. The number of para-hydroxylation sites is 1. The summed E-state index contributed by atoms with van der Waals surface area (Å²) in [4.78, 5) is 4.71. The molecule has 3 aromatic heterocycles. The first-order valence-corrected chi connectivity index (χ1v) is 22.8. The molecule has 0 amide bonds. The lowest BCUT2D eigenvalue weighted by atomic mass is 9.76. The quantitative estimate of drug-likeness (QED) is 0.112. The Hall–Kier alpha value is -8.02. The normalized spacial score (nSPS) is 16.5. The second kappa shape index (κ2) is 17.2. The molecule has 0 saturated carbocycles. The lowest BCUT2D eigenvalue weighted by Gasteiger charge is -2.31. The molecule has 0 aliphatic carbocycles. The number of benzene rings is 8. The standard InChI is InChI=1S/C65H58N4O/c1-42-20-18-21-43(2)62(42)47-30-33-58-60(37-47)67(41-68(58)63-55(64(4,5)6)35-48(36-56(63)65(7,8)9)45-22-12-10-13-23-45)49-26-19-27-50(38-49)70-51-31-32-53-52-28-16-17-29-57(52)69(59(53)39-51)61-34-44(3)54(40-66-61)46-24-14-11-15-25-46/h10-40H,1-9H3/i1D3,2D3,3D3,10D,11D,12D,13D,14D,15D,22D,23D,24D,25D. The number of aromatic nitrogens is 4. The zero-order valence-electron chi connectivity index (χ0n) is 58.3. The van der Waals surface area contributed by atoms with Gasteiger partial charge in [-0.2, -0.15) is 0 Å². The van der Waals surface area contributed by atoms with Crippen molar-refractivity contribution in [2.45, 2.75) is 72.9 Å². The molecule has 0 aliphatic heterocycles. The summed E-state index contributed by atoms with van der Waals surface area (Å²) < 4.78 is 175. The number of nitrogens with zero attached hydrogens (tertiary/aromatic N) is 4. The minimum atomic E-state index is -2.83. The van der Waals surface area contributed by atoms with Crippen LogP contribution < -0.4 is 9.30 Å². The van der Waals surface area contributed by atoms with Crippen molar-refractivity contribution in [2.75, 3.05) is 0 Å². The fraction of sp³-hybridized carbons (Fsp3) is 0.169. The van der Waals surface area contributed by atoms with Crippen LogP contribution in [-0.4, -0.2) is 14.1 Å². The number of rotatable bonds is 8. The van der Waals surface area contributed by atoms with Crippen molar-refractivity contribution in [2.24, 2.45) is 0 Å². The Morgan fingerprint density at radius 3 is 1.91 bits per heavy atom. The van der Waals surface area contributed by atoms with Gasteiger partial charge in [-0.25, -0.2) is 4.98 Å². The average Bonchev–Trinajstić information content (AvgIpc) is 1.96. The smallest absolute Gasteiger partial charge is 0.269 e. The number of hydrogen-bond acceptors (Lipinski definition) is 2. The van der Waals surface area contributed by atoms with E-state index < -0.39 is 79.7 Å². The molecule has 0 radical (unpaired) electrons. The number of pyridine rings is 1. The van der Waals surface area contributed by atoms with E-state index in [1.807, 2.05) is 94.6 Å². The molecule has 11 rings (SSSR count). The van der Waals surface area contributed by atoms with Gasteiger partial charge in [0.1, 0.15) is 17.3 Å². The molecule has 0 aliphatic rings. The average molecular weight is 930 g/mol. The lowest BCUT2D eigenvalue weighted by Crippen LogP contribution is -2.37. The van der Waals surface area contributed by atoms with Gasteiger partial charge in [0.2, 0.25) is 0 Å². The van der Waals surface area contributed by atoms with E-state index in [9.17, 15) is 0 Å². The van der Waals surface area contributed by atoms with Crippen LogP contribution in [0.5, 0.6) is 11.5 Å². The monoisotopic (exact) mass is 930 g/mol. The Balaban J connectivity index is 1.12. The van der Waals surface area contributed by atoms with Crippen molar-refractivity contribution in [1.82, 2.24) is 14.1 Å². The molecule has 0 N–H and O–H groups in total. The van der Waals surface area contributed by atoms with Crippen molar-refractivity contribution < 1.29 is 35.3 Å². The van der Waals surface area contributed by atoms with Gasteiger partial charge in [-0.15, -0.1) is 0 Å². The predicted molar refractivity (Wildman–Crippen MR) is 290 cm³/mol. The predicted octanol–water partition coefficient (Wildman–Crippen LogP) is 16.5. The van der Waals surface area contributed by atoms with Crippen molar-refractivity contribution >= 4 is 32.8 Å². The summed E-state index contributed by atoms with van der Waals surface area (Å²) in [6.45, 7) is 3.81. The maximum absolute atomic E-state index is 9.01. The van der Waals surface area contributed by atoms with Crippen molar-refractivity contribution in [3.05, 3.63) is 222 Å². The molecule has 0 fully saturated rings. The van der Waals surface area contributed by atoms with Crippen LogP contribution in [0.4, 0.5) is 0 Å². The Morgan fingerprint density at radius 1 is 0.557 bits per heavy atom. The third-order valence-electron chi connectivity index (χ3n) is 12.6. The molecule has 0 spiro atoms. The summed E-state index contributed by atoms with van der Waals surface area (Å²) in [5.41, 5.74) is 3.30. The molecular formula is C65H58N4O. The number of imidazole rings is 1. The number of fused-ring (bicyclic) bond motifs is 4. The summed E-state index contributed by atoms with van der Waals surface area (Å²) in [6, 6.07) is 29.3. The topological polar surface area (TPSA) is 35.9 Å². The molecular weight excluding hydrogens is 853 g/mol. The zero-order valence-corrected chi connectivity index (χ0v) is 39.3. The van der Waals surface area contributed by atoms with Crippen LogP contribution in [0.2, 0.25) is 0 Å². The van der Waals surface area contributed by atoms with Gasteiger partial charge < -0.3 is 4.74 Å². The molecule has 3 heterocycles. The molecule has 0 bridgehead atoms. The molecule has 0 unspecified atom stereocenters. The molecule has 8 aromatic carbocycles. The Bertz CT molecular complexity index is 4630. The van der Waals surface area contributed by atoms with E-state index in [0.29, 0.717) is 56.1 Å². The maximum atomic E-state index is 9.01. The summed E-state index contributed by atoms with van der Waals surface area (Å²) in [6.07, 6.45) is 4.84. The molecule has 70 heavy (non-hydrogen) atoms. The summed E-state index contributed by atoms with van der Waals surface area (Å²) in [5.74, 6) is 0.867. The first kappa shape index (κ1) is 27.8. The van der Waals surface area contributed by atoms with Crippen LogP contribution in [0.25, 0.3) is 83.4 Å². The molecule has 5 nitrogen and oxygen atoms in total. The van der Waals surface area contributed by atoms with Gasteiger partial charge in [0, 0.05) is 40.9 Å². The molecule has 344 valence electrons. The SMILES string of the molecule is [2H]c1c([2H])c([2H])c(-c2cc(C(C)(C)C)c(-[n+]3[c-]n(-c4cccc(Oc5ccc6c7ccccc7n(-c7cc(C([2H])([2H])[2H])c(-c8c([2H])c([2H])c([2H])c([2H])c8[2H])cn7)c6c5)c4)c4cc(-c5c(C([2H])([2H])[2H])cccc5C([2H])([2H])[2H])ccc43)c(C(C)(C)C)c2)c([2H])c1[2H].